The normalized spacial score (nSPS) is 10.6. The van der Waals surface area contributed by atoms with Crippen molar-refractivity contribution in [3.8, 4) is 17.1 Å². The molecular formula is C14H9ClFN3. The summed E-state index contributed by atoms with van der Waals surface area (Å²) in [6, 6.07) is 11.7. The Morgan fingerprint density at radius 2 is 1.95 bits per heavy atom. The summed E-state index contributed by atoms with van der Waals surface area (Å²) in [5.74, 6) is -0.391. The minimum atomic E-state index is -0.391. The third kappa shape index (κ3) is 2.48. The van der Waals surface area contributed by atoms with Crippen LogP contribution < -0.4 is 0 Å². The molecule has 2 aromatic heterocycles. The summed E-state index contributed by atoms with van der Waals surface area (Å²) in [5.41, 5.74) is 2.07. The largest absolute Gasteiger partial charge is 0.255 e. The van der Waals surface area contributed by atoms with Crippen LogP contribution in [-0.4, -0.2) is 14.8 Å². The molecule has 0 aliphatic rings. The molecule has 0 atom stereocenters. The third-order valence-corrected chi connectivity index (χ3v) is 2.85. The highest BCUT2D eigenvalue weighted by molar-refractivity contribution is 6.30. The molecule has 5 heteroatoms. The van der Waals surface area contributed by atoms with E-state index < -0.39 is 5.82 Å². The molecule has 0 amide bonds. The molecule has 0 unspecified atom stereocenters. The number of nitrogens with zero attached hydrogens (tertiary/aromatic N) is 3. The molecule has 0 aliphatic carbocycles. The van der Waals surface area contributed by atoms with Crippen molar-refractivity contribution in [1.82, 2.24) is 14.8 Å². The van der Waals surface area contributed by atoms with Gasteiger partial charge in [0, 0.05) is 17.4 Å². The Morgan fingerprint density at radius 1 is 1.05 bits per heavy atom. The van der Waals surface area contributed by atoms with Gasteiger partial charge in [0.15, 0.2) is 0 Å². The van der Waals surface area contributed by atoms with Crippen LogP contribution in [0, 0.1) is 5.82 Å². The van der Waals surface area contributed by atoms with Gasteiger partial charge in [-0.1, -0.05) is 17.7 Å². The van der Waals surface area contributed by atoms with E-state index in [1.54, 1.807) is 23.1 Å². The first-order valence-corrected chi connectivity index (χ1v) is 6.04. The summed E-state index contributed by atoms with van der Waals surface area (Å²) in [7, 11) is 0. The second-order valence-corrected chi connectivity index (χ2v) is 4.42. The summed E-state index contributed by atoms with van der Waals surface area (Å²) in [4.78, 5) is 4.22. The maximum atomic E-state index is 13.3. The Bertz CT molecular complexity index is 689. The maximum absolute atomic E-state index is 13.3. The van der Waals surface area contributed by atoms with Gasteiger partial charge in [0.05, 0.1) is 11.4 Å². The first-order chi connectivity index (χ1) is 9.22. The Labute approximate surface area is 114 Å². The van der Waals surface area contributed by atoms with Gasteiger partial charge < -0.3 is 0 Å². The minimum Gasteiger partial charge on any atom is -0.255 e. The number of pyridine rings is 1. The van der Waals surface area contributed by atoms with Gasteiger partial charge in [-0.15, -0.1) is 0 Å². The lowest BCUT2D eigenvalue weighted by molar-refractivity contribution is 0.625. The Hall–Kier alpha value is -2.20. The van der Waals surface area contributed by atoms with Crippen molar-refractivity contribution < 1.29 is 4.39 Å². The second-order valence-electron chi connectivity index (χ2n) is 3.99. The summed E-state index contributed by atoms with van der Waals surface area (Å²) in [5, 5.41) is 4.70. The number of aromatic nitrogens is 3. The van der Waals surface area contributed by atoms with Crippen LogP contribution >= 0.6 is 11.6 Å². The molecule has 0 saturated carbocycles. The van der Waals surface area contributed by atoms with E-state index in [1.165, 1.54) is 12.1 Å². The van der Waals surface area contributed by atoms with Gasteiger partial charge in [-0.05, 0) is 36.4 Å². The van der Waals surface area contributed by atoms with Gasteiger partial charge in [-0.2, -0.15) is 5.10 Å². The van der Waals surface area contributed by atoms with E-state index in [1.807, 2.05) is 24.3 Å². The van der Waals surface area contributed by atoms with E-state index in [9.17, 15) is 4.39 Å². The molecule has 0 spiro atoms. The van der Waals surface area contributed by atoms with Gasteiger partial charge in [0.1, 0.15) is 11.5 Å². The Balaban J connectivity index is 2.02. The van der Waals surface area contributed by atoms with Crippen molar-refractivity contribution in [1.29, 1.82) is 0 Å². The van der Waals surface area contributed by atoms with E-state index >= 15 is 0 Å². The topological polar surface area (TPSA) is 30.7 Å². The van der Waals surface area contributed by atoms with Crippen molar-refractivity contribution >= 4 is 11.6 Å². The lowest BCUT2D eigenvalue weighted by Crippen LogP contribution is -1.96. The lowest BCUT2D eigenvalue weighted by atomic mass is 10.3. The highest BCUT2D eigenvalue weighted by Gasteiger charge is 2.06. The van der Waals surface area contributed by atoms with Crippen molar-refractivity contribution in [2.45, 2.75) is 0 Å². The quantitative estimate of drug-likeness (QED) is 0.712. The smallest absolute Gasteiger partial charge is 0.126 e. The van der Waals surface area contributed by atoms with Gasteiger partial charge in [0.25, 0.3) is 0 Å². The average molecular weight is 274 g/mol. The van der Waals surface area contributed by atoms with E-state index in [-0.39, 0.29) is 0 Å². The SMILES string of the molecule is Fc1cc(Cl)cc(-n2ccc(-c3ccccn3)n2)c1. The zero-order valence-electron chi connectivity index (χ0n) is 9.79. The highest BCUT2D eigenvalue weighted by atomic mass is 35.5. The molecule has 94 valence electrons. The molecule has 3 rings (SSSR count). The van der Waals surface area contributed by atoms with E-state index in [0.29, 0.717) is 10.7 Å². The lowest BCUT2D eigenvalue weighted by Gasteiger charge is -2.02. The fraction of sp³-hybridized carbons (Fsp3) is 0. The second kappa shape index (κ2) is 4.82. The van der Waals surface area contributed by atoms with Crippen molar-refractivity contribution in [2.75, 3.05) is 0 Å². The minimum absolute atomic E-state index is 0.338. The monoisotopic (exact) mass is 273 g/mol. The molecule has 0 fully saturated rings. The average Bonchev–Trinajstić information content (AvgIpc) is 2.88. The predicted octanol–water partition coefficient (Wildman–Crippen LogP) is 3.73. The summed E-state index contributed by atoms with van der Waals surface area (Å²) in [6.45, 7) is 0. The van der Waals surface area contributed by atoms with Gasteiger partial charge in [-0.3, -0.25) is 4.98 Å². The van der Waals surface area contributed by atoms with Crippen LogP contribution in [0.1, 0.15) is 0 Å². The number of halogens is 2. The van der Waals surface area contributed by atoms with Crippen LogP contribution in [-0.2, 0) is 0 Å². The van der Waals surface area contributed by atoms with Gasteiger partial charge >= 0.3 is 0 Å². The number of rotatable bonds is 2. The maximum Gasteiger partial charge on any atom is 0.126 e. The Morgan fingerprint density at radius 3 is 2.68 bits per heavy atom. The fourth-order valence-corrected chi connectivity index (χ4v) is 2.01. The van der Waals surface area contributed by atoms with Crippen molar-refractivity contribution in [2.24, 2.45) is 0 Å². The summed E-state index contributed by atoms with van der Waals surface area (Å²) >= 11 is 5.83. The molecule has 1 aromatic carbocycles. The molecule has 0 bridgehead atoms. The fourth-order valence-electron chi connectivity index (χ4n) is 1.79. The first-order valence-electron chi connectivity index (χ1n) is 5.66. The third-order valence-electron chi connectivity index (χ3n) is 2.63. The van der Waals surface area contributed by atoms with E-state index in [2.05, 4.69) is 10.1 Å². The van der Waals surface area contributed by atoms with Crippen LogP contribution in [0.15, 0.2) is 54.9 Å². The van der Waals surface area contributed by atoms with Crippen LogP contribution in [0.4, 0.5) is 4.39 Å². The number of hydrogen-bond acceptors (Lipinski definition) is 2. The van der Waals surface area contributed by atoms with E-state index in [4.69, 9.17) is 11.6 Å². The highest BCUT2D eigenvalue weighted by Crippen LogP contribution is 2.19. The molecular weight excluding hydrogens is 265 g/mol. The number of hydrogen-bond donors (Lipinski definition) is 0. The molecule has 3 aromatic rings. The van der Waals surface area contributed by atoms with Gasteiger partial charge in [-0.25, -0.2) is 9.07 Å². The van der Waals surface area contributed by atoms with Crippen molar-refractivity contribution in [3.63, 3.8) is 0 Å². The number of benzene rings is 1. The standard InChI is InChI=1S/C14H9ClFN3/c15-10-7-11(16)9-12(8-10)19-6-4-14(18-19)13-3-1-2-5-17-13/h1-9H. The molecule has 0 saturated heterocycles. The van der Waals surface area contributed by atoms with Crippen LogP contribution in [0.25, 0.3) is 17.1 Å². The van der Waals surface area contributed by atoms with Crippen LogP contribution in [0.3, 0.4) is 0 Å². The molecule has 0 radical (unpaired) electrons. The Kier molecular flexibility index (Phi) is 3.01. The van der Waals surface area contributed by atoms with Crippen LogP contribution in [0.2, 0.25) is 5.02 Å². The van der Waals surface area contributed by atoms with E-state index in [0.717, 1.165) is 11.4 Å². The molecule has 2 heterocycles. The van der Waals surface area contributed by atoms with Gasteiger partial charge in [0.2, 0.25) is 0 Å². The molecule has 19 heavy (non-hydrogen) atoms. The van der Waals surface area contributed by atoms with Crippen LogP contribution in [0.5, 0.6) is 0 Å². The molecule has 0 aliphatic heterocycles. The summed E-state index contributed by atoms with van der Waals surface area (Å²) in [6.07, 6.45) is 3.45. The zero-order chi connectivity index (χ0) is 13.2. The summed E-state index contributed by atoms with van der Waals surface area (Å²) < 4.78 is 14.9. The molecule has 0 N–H and O–H groups in total. The first kappa shape index (κ1) is 11.9. The predicted molar refractivity (Wildman–Crippen MR) is 71.8 cm³/mol. The molecule has 3 nitrogen and oxygen atoms in total. The zero-order valence-corrected chi connectivity index (χ0v) is 10.5. The van der Waals surface area contributed by atoms with Crippen molar-refractivity contribution in [3.05, 3.63) is 65.7 Å².